The Morgan fingerprint density at radius 3 is 2.85 bits per heavy atom. The van der Waals surface area contributed by atoms with Crippen LogP contribution in [0.5, 0.6) is 0 Å². The summed E-state index contributed by atoms with van der Waals surface area (Å²) < 4.78 is 5.04. The van der Waals surface area contributed by atoms with E-state index in [9.17, 15) is 4.79 Å². The van der Waals surface area contributed by atoms with E-state index >= 15 is 0 Å². The highest BCUT2D eigenvalue weighted by atomic mass is 16.5. The summed E-state index contributed by atoms with van der Waals surface area (Å²) in [5, 5.41) is 0. The van der Waals surface area contributed by atoms with Gasteiger partial charge in [-0.25, -0.2) is 4.79 Å². The Morgan fingerprint density at radius 1 is 1.45 bits per heavy atom. The zero-order chi connectivity index (χ0) is 14.7. The van der Waals surface area contributed by atoms with E-state index in [4.69, 9.17) is 10.5 Å². The van der Waals surface area contributed by atoms with Gasteiger partial charge >= 0.3 is 5.97 Å². The molecule has 1 aliphatic rings. The summed E-state index contributed by atoms with van der Waals surface area (Å²) in [6, 6.07) is 6.02. The number of benzene rings is 1. The molecule has 1 saturated heterocycles. The summed E-state index contributed by atoms with van der Waals surface area (Å²) in [4.78, 5) is 16.4. The van der Waals surface area contributed by atoms with E-state index < -0.39 is 0 Å². The molecule has 1 aromatic carbocycles. The minimum absolute atomic E-state index is 0.353. The van der Waals surface area contributed by atoms with Crippen LogP contribution in [0.4, 0.5) is 11.4 Å². The summed E-state index contributed by atoms with van der Waals surface area (Å²) in [6.45, 7) is 7.15. The predicted molar refractivity (Wildman–Crippen MR) is 81.1 cm³/mol. The van der Waals surface area contributed by atoms with Crippen molar-refractivity contribution in [2.24, 2.45) is 0 Å². The van der Waals surface area contributed by atoms with Crippen molar-refractivity contribution in [2.75, 3.05) is 43.9 Å². The number of hydrogen-bond donors (Lipinski definition) is 1. The highest BCUT2D eigenvalue weighted by Crippen LogP contribution is 2.28. The Labute approximate surface area is 120 Å². The third-order valence-electron chi connectivity index (χ3n) is 3.88. The summed E-state index contributed by atoms with van der Waals surface area (Å²) in [6.07, 6.45) is 0. The molecule has 0 radical (unpaired) electrons. The molecule has 5 heteroatoms. The van der Waals surface area contributed by atoms with Crippen molar-refractivity contribution in [3.8, 4) is 0 Å². The van der Waals surface area contributed by atoms with Crippen LogP contribution in [0.1, 0.15) is 24.2 Å². The van der Waals surface area contributed by atoms with Crippen molar-refractivity contribution in [1.29, 1.82) is 0 Å². The Hall–Kier alpha value is -1.75. The Kier molecular flexibility index (Phi) is 4.49. The summed E-state index contributed by atoms with van der Waals surface area (Å²) >= 11 is 0. The highest BCUT2D eigenvalue weighted by Gasteiger charge is 2.23. The summed E-state index contributed by atoms with van der Waals surface area (Å²) in [5.41, 5.74) is 8.07. The van der Waals surface area contributed by atoms with Crippen LogP contribution in [0.3, 0.4) is 0 Å². The van der Waals surface area contributed by atoms with E-state index in [1.165, 1.54) is 0 Å². The lowest BCUT2D eigenvalue weighted by molar-refractivity contribution is 0.0527. The second-order valence-electron chi connectivity index (χ2n) is 5.23. The molecule has 1 unspecified atom stereocenters. The van der Waals surface area contributed by atoms with E-state index in [0.717, 1.165) is 25.3 Å². The standard InChI is InChI=1S/C15H23N3O2/c1-4-20-15(19)12-6-5-7-13(14(12)16)18-9-8-17(3)11(2)10-18/h5-7,11H,4,8-10,16H2,1-3H3. The van der Waals surface area contributed by atoms with Crippen molar-refractivity contribution in [3.05, 3.63) is 23.8 Å². The maximum absolute atomic E-state index is 11.9. The van der Waals surface area contributed by atoms with Crippen molar-refractivity contribution < 1.29 is 9.53 Å². The number of carbonyl (C=O) groups excluding carboxylic acids is 1. The molecule has 5 nitrogen and oxygen atoms in total. The molecule has 0 spiro atoms. The maximum Gasteiger partial charge on any atom is 0.340 e. The number of carbonyl (C=O) groups is 1. The van der Waals surface area contributed by atoms with Gasteiger partial charge in [0.15, 0.2) is 0 Å². The summed E-state index contributed by atoms with van der Waals surface area (Å²) in [7, 11) is 2.13. The first-order chi connectivity index (χ1) is 9.54. The lowest BCUT2D eigenvalue weighted by Gasteiger charge is -2.39. The molecular formula is C15H23N3O2. The third kappa shape index (κ3) is 2.88. The number of hydrogen-bond acceptors (Lipinski definition) is 5. The van der Waals surface area contributed by atoms with Gasteiger partial charge in [-0.1, -0.05) is 6.07 Å². The largest absolute Gasteiger partial charge is 0.462 e. The van der Waals surface area contributed by atoms with Gasteiger partial charge in [-0.15, -0.1) is 0 Å². The van der Waals surface area contributed by atoms with Gasteiger partial charge in [-0.3, -0.25) is 0 Å². The fraction of sp³-hybridized carbons (Fsp3) is 0.533. The van der Waals surface area contributed by atoms with Gasteiger partial charge < -0.3 is 20.3 Å². The monoisotopic (exact) mass is 277 g/mol. The van der Waals surface area contributed by atoms with Crippen LogP contribution in [0.15, 0.2) is 18.2 Å². The molecule has 2 rings (SSSR count). The average Bonchev–Trinajstić information content (AvgIpc) is 2.42. The Morgan fingerprint density at radius 2 is 2.20 bits per heavy atom. The van der Waals surface area contributed by atoms with Crippen LogP contribution < -0.4 is 10.6 Å². The number of para-hydroxylation sites is 1. The fourth-order valence-electron chi connectivity index (χ4n) is 2.48. The topological polar surface area (TPSA) is 58.8 Å². The second-order valence-corrected chi connectivity index (χ2v) is 5.23. The van der Waals surface area contributed by atoms with Crippen molar-refractivity contribution >= 4 is 17.3 Å². The van der Waals surface area contributed by atoms with Crippen LogP contribution in [0.2, 0.25) is 0 Å². The first kappa shape index (κ1) is 14.7. The van der Waals surface area contributed by atoms with Gasteiger partial charge in [0.25, 0.3) is 0 Å². The number of nitrogens with two attached hydrogens (primary N) is 1. The van der Waals surface area contributed by atoms with Crippen LogP contribution in [-0.4, -0.2) is 50.2 Å². The van der Waals surface area contributed by atoms with Crippen LogP contribution in [0, 0.1) is 0 Å². The molecule has 0 aromatic heterocycles. The number of ether oxygens (including phenoxy) is 1. The van der Waals surface area contributed by atoms with Crippen LogP contribution in [0.25, 0.3) is 0 Å². The number of rotatable bonds is 3. The molecule has 20 heavy (non-hydrogen) atoms. The number of likely N-dealkylation sites (N-methyl/N-ethyl adjacent to an activating group) is 1. The zero-order valence-electron chi connectivity index (χ0n) is 12.4. The molecule has 1 aliphatic heterocycles. The molecule has 2 N–H and O–H groups in total. The van der Waals surface area contributed by atoms with Gasteiger partial charge in [-0.2, -0.15) is 0 Å². The first-order valence-electron chi connectivity index (χ1n) is 7.05. The Balaban J connectivity index is 2.25. The predicted octanol–water partition coefficient (Wildman–Crippen LogP) is 1.59. The zero-order valence-corrected chi connectivity index (χ0v) is 12.4. The van der Waals surface area contributed by atoms with Crippen LogP contribution >= 0.6 is 0 Å². The van der Waals surface area contributed by atoms with Gasteiger partial charge in [-0.05, 0) is 33.0 Å². The van der Waals surface area contributed by atoms with Crippen molar-refractivity contribution in [2.45, 2.75) is 19.9 Å². The van der Waals surface area contributed by atoms with E-state index in [1.54, 1.807) is 13.0 Å². The third-order valence-corrected chi connectivity index (χ3v) is 3.88. The number of nitrogen functional groups attached to an aromatic ring is 1. The minimum atomic E-state index is -0.353. The molecule has 0 amide bonds. The maximum atomic E-state index is 11.9. The highest BCUT2D eigenvalue weighted by molar-refractivity contribution is 5.98. The van der Waals surface area contributed by atoms with Crippen LogP contribution in [-0.2, 0) is 4.74 Å². The SMILES string of the molecule is CCOC(=O)c1cccc(N2CCN(C)C(C)C2)c1N. The average molecular weight is 277 g/mol. The minimum Gasteiger partial charge on any atom is -0.462 e. The normalized spacial score (nSPS) is 19.9. The number of piperazine rings is 1. The molecule has 1 heterocycles. The van der Waals surface area contributed by atoms with Gasteiger partial charge in [0.1, 0.15) is 0 Å². The Bertz CT molecular complexity index is 490. The van der Waals surface area contributed by atoms with E-state index in [-0.39, 0.29) is 5.97 Å². The fourth-order valence-corrected chi connectivity index (χ4v) is 2.48. The molecule has 1 fully saturated rings. The van der Waals surface area contributed by atoms with Crippen molar-refractivity contribution in [3.63, 3.8) is 0 Å². The molecule has 0 bridgehead atoms. The molecule has 110 valence electrons. The lowest BCUT2D eigenvalue weighted by atomic mass is 10.1. The number of nitrogens with zero attached hydrogens (tertiary/aromatic N) is 2. The smallest absolute Gasteiger partial charge is 0.340 e. The quantitative estimate of drug-likeness (QED) is 0.671. The van der Waals surface area contributed by atoms with Gasteiger partial charge in [0.2, 0.25) is 0 Å². The van der Waals surface area contributed by atoms with Crippen molar-refractivity contribution in [1.82, 2.24) is 4.90 Å². The molecule has 0 aliphatic carbocycles. The molecule has 1 aromatic rings. The number of esters is 1. The van der Waals surface area contributed by atoms with E-state index in [1.807, 2.05) is 12.1 Å². The molecule has 0 saturated carbocycles. The first-order valence-corrected chi connectivity index (χ1v) is 7.05. The summed E-state index contributed by atoms with van der Waals surface area (Å²) in [5.74, 6) is -0.353. The van der Waals surface area contributed by atoms with Gasteiger partial charge in [0.05, 0.1) is 23.5 Å². The van der Waals surface area contributed by atoms with Gasteiger partial charge in [0, 0.05) is 25.7 Å². The van der Waals surface area contributed by atoms with E-state index in [0.29, 0.717) is 23.9 Å². The lowest BCUT2D eigenvalue weighted by Crippen LogP contribution is -2.50. The molecule has 1 atom stereocenters. The molecular weight excluding hydrogens is 254 g/mol. The van der Waals surface area contributed by atoms with E-state index in [2.05, 4.69) is 23.8 Å². The second kappa shape index (κ2) is 6.13. The number of anilines is 2.